The van der Waals surface area contributed by atoms with Crippen LogP contribution < -0.4 is 20.3 Å². The predicted octanol–water partition coefficient (Wildman–Crippen LogP) is 6.08. The Balaban J connectivity index is 1.56. The molecule has 1 aliphatic rings. The highest BCUT2D eigenvalue weighted by Gasteiger charge is 2.40. The van der Waals surface area contributed by atoms with Gasteiger partial charge in [-0.15, -0.1) is 0 Å². The van der Waals surface area contributed by atoms with Crippen molar-refractivity contribution in [1.29, 1.82) is 0 Å². The van der Waals surface area contributed by atoms with Gasteiger partial charge in [-0.25, -0.2) is 4.90 Å². The van der Waals surface area contributed by atoms with Gasteiger partial charge in [0, 0.05) is 16.3 Å². The number of carbonyl (C=O) groups is 3. The van der Waals surface area contributed by atoms with Crippen molar-refractivity contribution in [2.75, 3.05) is 22.1 Å². The molecule has 178 valence electrons. The van der Waals surface area contributed by atoms with Crippen LogP contribution >= 0.6 is 34.8 Å². The van der Waals surface area contributed by atoms with Crippen LogP contribution in [0, 0.1) is 0 Å². The number of para-hydroxylation sites is 2. The molecule has 1 aliphatic heterocycles. The second kappa shape index (κ2) is 10.4. The van der Waals surface area contributed by atoms with Crippen molar-refractivity contribution in [2.45, 2.75) is 6.92 Å². The Kier molecular flexibility index (Phi) is 7.31. The molecule has 35 heavy (non-hydrogen) atoms. The van der Waals surface area contributed by atoms with Gasteiger partial charge >= 0.3 is 0 Å². The third-order valence-electron chi connectivity index (χ3n) is 5.01. The SMILES string of the molecule is CCOc1ccccc1NC(=O)c1cccc(NC2=C(Cl)C(=O)N(c3cc(Cl)ccc3Cl)C2=O)c1. The highest BCUT2D eigenvalue weighted by Crippen LogP contribution is 2.36. The van der Waals surface area contributed by atoms with Gasteiger partial charge in [0.2, 0.25) is 0 Å². The van der Waals surface area contributed by atoms with Gasteiger partial charge in [-0.3, -0.25) is 14.4 Å². The van der Waals surface area contributed by atoms with Crippen LogP contribution in [-0.2, 0) is 9.59 Å². The molecule has 0 unspecified atom stereocenters. The van der Waals surface area contributed by atoms with Gasteiger partial charge in [0.25, 0.3) is 17.7 Å². The number of halogens is 3. The third-order valence-corrected chi connectivity index (χ3v) is 5.91. The molecular formula is C25H18Cl3N3O4. The van der Waals surface area contributed by atoms with E-state index in [1.165, 1.54) is 24.3 Å². The van der Waals surface area contributed by atoms with E-state index >= 15 is 0 Å². The fraction of sp³-hybridized carbons (Fsp3) is 0.0800. The molecule has 3 aromatic carbocycles. The summed E-state index contributed by atoms with van der Waals surface area (Å²) >= 11 is 18.4. The Labute approximate surface area is 216 Å². The summed E-state index contributed by atoms with van der Waals surface area (Å²) in [7, 11) is 0. The van der Waals surface area contributed by atoms with E-state index in [2.05, 4.69) is 10.6 Å². The molecule has 1 heterocycles. The smallest absolute Gasteiger partial charge is 0.283 e. The van der Waals surface area contributed by atoms with Gasteiger partial charge in [-0.2, -0.15) is 0 Å². The topological polar surface area (TPSA) is 87.7 Å². The lowest BCUT2D eigenvalue weighted by Gasteiger charge is -2.17. The van der Waals surface area contributed by atoms with Crippen molar-refractivity contribution in [1.82, 2.24) is 0 Å². The zero-order chi connectivity index (χ0) is 25.1. The number of rotatable bonds is 7. The highest BCUT2D eigenvalue weighted by molar-refractivity contribution is 6.54. The molecule has 4 rings (SSSR count). The standard InChI is InChI=1S/C25H18Cl3N3O4/c1-2-35-20-9-4-3-8-18(20)30-23(32)14-6-5-7-16(12-14)29-22-21(28)24(33)31(25(22)34)19-13-15(26)10-11-17(19)27/h3-13,29H,2H2,1H3,(H,30,32). The minimum atomic E-state index is -0.746. The summed E-state index contributed by atoms with van der Waals surface area (Å²) in [4.78, 5) is 39.5. The fourth-order valence-electron chi connectivity index (χ4n) is 3.42. The normalized spacial score (nSPS) is 13.3. The number of amides is 3. The molecule has 2 N–H and O–H groups in total. The van der Waals surface area contributed by atoms with E-state index in [4.69, 9.17) is 39.5 Å². The molecule has 0 fully saturated rings. The lowest BCUT2D eigenvalue weighted by atomic mass is 10.1. The second-order valence-corrected chi connectivity index (χ2v) is 8.54. The minimum absolute atomic E-state index is 0.116. The number of ether oxygens (including phenoxy) is 1. The molecule has 0 radical (unpaired) electrons. The van der Waals surface area contributed by atoms with Crippen molar-refractivity contribution in [3.05, 3.63) is 93.1 Å². The largest absolute Gasteiger partial charge is 0.492 e. The summed E-state index contributed by atoms with van der Waals surface area (Å²) in [6, 6.07) is 17.9. The maximum atomic E-state index is 13.1. The van der Waals surface area contributed by atoms with E-state index in [-0.39, 0.29) is 27.3 Å². The molecule has 10 heteroatoms. The van der Waals surface area contributed by atoms with Crippen LogP contribution in [0.3, 0.4) is 0 Å². The van der Waals surface area contributed by atoms with Crippen molar-refractivity contribution < 1.29 is 19.1 Å². The van der Waals surface area contributed by atoms with Gasteiger partial charge in [0.15, 0.2) is 0 Å². The van der Waals surface area contributed by atoms with Gasteiger partial charge in [-0.05, 0) is 55.5 Å². The first-order valence-electron chi connectivity index (χ1n) is 10.4. The first kappa shape index (κ1) is 24.6. The molecule has 7 nitrogen and oxygen atoms in total. The zero-order valence-corrected chi connectivity index (χ0v) is 20.5. The Morgan fingerprint density at radius 1 is 0.943 bits per heavy atom. The van der Waals surface area contributed by atoms with Gasteiger partial charge in [0.1, 0.15) is 16.5 Å². The molecule has 3 aromatic rings. The monoisotopic (exact) mass is 529 g/mol. The van der Waals surface area contributed by atoms with Crippen LogP contribution in [0.1, 0.15) is 17.3 Å². The number of hydrogen-bond donors (Lipinski definition) is 2. The number of benzene rings is 3. The van der Waals surface area contributed by atoms with E-state index in [1.807, 2.05) is 13.0 Å². The van der Waals surface area contributed by atoms with Crippen LogP contribution in [0.25, 0.3) is 0 Å². The maximum absolute atomic E-state index is 13.1. The molecular weight excluding hydrogens is 513 g/mol. The van der Waals surface area contributed by atoms with E-state index in [0.717, 1.165) is 4.90 Å². The van der Waals surface area contributed by atoms with Crippen molar-refractivity contribution in [3.63, 3.8) is 0 Å². The first-order chi connectivity index (χ1) is 16.8. The van der Waals surface area contributed by atoms with Crippen LogP contribution in [0.15, 0.2) is 77.5 Å². The van der Waals surface area contributed by atoms with E-state index in [1.54, 1.807) is 36.4 Å². The molecule has 0 bridgehead atoms. The van der Waals surface area contributed by atoms with Crippen molar-refractivity contribution in [2.24, 2.45) is 0 Å². The van der Waals surface area contributed by atoms with Gasteiger partial charge < -0.3 is 15.4 Å². The van der Waals surface area contributed by atoms with Crippen LogP contribution in [0.2, 0.25) is 10.0 Å². The molecule has 0 saturated carbocycles. The van der Waals surface area contributed by atoms with E-state index in [0.29, 0.717) is 34.3 Å². The number of nitrogens with zero attached hydrogens (tertiary/aromatic N) is 1. The lowest BCUT2D eigenvalue weighted by Crippen LogP contribution is -2.32. The number of anilines is 3. The third kappa shape index (κ3) is 5.12. The number of nitrogens with one attached hydrogen (secondary N) is 2. The summed E-state index contributed by atoms with van der Waals surface area (Å²) in [5, 5.41) is 5.81. The average Bonchev–Trinajstić information content (AvgIpc) is 3.05. The quantitative estimate of drug-likeness (QED) is 0.362. The van der Waals surface area contributed by atoms with E-state index in [9.17, 15) is 14.4 Å². The Morgan fingerprint density at radius 2 is 1.71 bits per heavy atom. The Hall–Kier alpha value is -3.52. The summed E-state index contributed by atoms with van der Waals surface area (Å²) in [5.74, 6) is -1.29. The average molecular weight is 531 g/mol. The van der Waals surface area contributed by atoms with Gasteiger partial charge in [0.05, 0.1) is 23.0 Å². The van der Waals surface area contributed by atoms with E-state index < -0.39 is 11.8 Å². The Bertz CT molecular complexity index is 1370. The second-order valence-electron chi connectivity index (χ2n) is 7.32. The lowest BCUT2D eigenvalue weighted by molar-refractivity contribution is -0.120. The molecule has 0 atom stereocenters. The van der Waals surface area contributed by atoms with Crippen molar-refractivity contribution in [3.8, 4) is 5.75 Å². The number of hydrogen-bond acceptors (Lipinski definition) is 5. The minimum Gasteiger partial charge on any atom is -0.492 e. The van der Waals surface area contributed by atoms with Crippen LogP contribution in [0.5, 0.6) is 5.75 Å². The van der Waals surface area contributed by atoms with Crippen LogP contribution in [-0.4, -0.2) is 24.3 Å². The van der Waals surface area contributed by atoms with Crippen LogP contribution in [0.4, 0.5) is 17.1 Å². The van der Waals surface area contributed by atoms with Gasteiger partial charge in [-0.1, -0.05) is 53.0 Å². The highest BCUT2D eigenvalue weighted by atomic mass is 35.5. The number of carbonyl (C=O) groups excluding carboxylic acids is 3. The molecule has 0 spiro atoms. The maximum Gasteiger partial charge on any atom is 0.283 e. The zero-order valence-electron chi connectivity index (χ0n) is 18.3. The summed E-state index contributed by atoms with van der Waals surface area (Å²) in [6.07, 6.45) is 0. The molecule has 0 aromatic heterocycles. The summed E-state index contributed by atoms with van der Waals surface area (Å²) in [6.45, 7) is 2.30. The van der Waals surface area contributed by atoms with Crippen molar-refractivity contribution >= 4 is 69.6 Å². The summed E-state index contributed by atoms with van der Waals surface area (Å²) in [5.41, 5.74) is 1.18. The fourth-order valence-corrected chi connectivity index (χ4v) is 4.00. The Morgan fingerprint density at radius 3 is 2.49 bits per heavy atom. The molecule has 0 saturated heterocycles. The first-order valence-corrected chi connectivity index (χ1v) is 11.6. The molecule has 0 aliphatic carbocycles. The molecule has 3 amide bonds. The predicted molar refractivity (Wildman–Crippen MR) is 137 cm³/mol. The summed E-state index contributed by atoms with van der Waals surface area (Å²) < 4.78 is 5.54. The number of imide groups is 1.